The molecule has 1 heterocycles. The summed E-state index contributed by atoms with van der Waals surface area (Å²) in [5.41, 5.74) is 4.60. The van der Waals surface area contributed by atoms with Gasteiger partial charge < -0.3 is 34.6 Å². The van der Waals surface area contributed by atoms with Crippen molar-refractivity contribution in [1.29, 1.82) is 0 Å². The Balaban J connectivity index is 1.78. The number of aryl methyl sites for hydroxylation is 1. The number of aliphatic hydroxyl groups excluding tert-OH is 4. The molecule has 1 aromatic carbocycles. The number of carbonyl (C=O) groups excluding carboxylic acids is 3. The van der Waals surface area contributed by atoms with E-state index in [4.69, 9.17) is 14.2 Å². The first-order valence-electron chi connectivity index (χ1n) is 17.9. The molecule has 1 aliphatic heterocycles. The molecule has 10 heteroatoms. The number of Topliss-reactive ketones (excluding diaryl/α,β-unsaturated/α-hetero) is 1. The van der Waals surface area contributed by atoms with Gasteiger partial charge in [0.2, 0.25) is 6.29 Å². The van der Waals surface area contributed by atoms with Crippen LogP contribution in [0.3, 0.4) is 0 Å². The highest BCUT2D eigenvalue weighted by atomic mass is 16.7. The molecular formula is C39H58O10. The average molecular weight is 687 g/mol. The van der Waals surface area contributed by atoms with E-state index in [0.29, 0.717) is 38.5 Å². The van der Waals surface area contributed by atoms with E-state index in [1.54, 1.807) is 0 Å². The molecule has 4 N–H and O–H groups in total. The van der Waals surface area contributed by atoms with Crippen molar-refractivity contribution in [3.8, 4) is 0 Å². The lowest BCUT2D eigenvalue weighted by molar-refractivity contribution is -0.294. The van der Waals surface area contributed by atoms with Crippen LogP contribution in [0.2, 0.25) is 0 Å². The molecule has 274 valence electrons. The normalized spacial score (nSPS) is 33.1. The van der Waals surface area contributed by atoms with Gasteiger partial charge >= 0.3 is 11.9 Å². The molecule has 1 aromatic rings. The highest BCUT2D eigenvalue weighted by molar-refractivity contribution is 5.80. The Hall–Kier alpha value is -2.63. The van der Waals surface area contributed by atoms with Crippen LogP contribution in [0.15, 0.2) is 24.3 Å². The summed E-state index contributed by atoms with van der Waals surface area (Å²) in [5, 5.41) is 41.1. The summed E-state index contributed by atoms with van der Waals surface area (Å²) in [4.78, 5) is 39.7. The number of ketones is 1. The fourth-order valence-corrected chi connectivity index (χ4v) is 8.75. The van der Waals surface area contributed by atoms with E-state index in [1.165, 1.54) is 18.1 Å². The van der Waals surface area contributed by atoms with Crippen LogP contribution in [0.1, 0.15) is 103 Å². The lowest BCUT2D eigenvalue weighted by Gasteiger charge is -2.51. The van der Waals surface area contributed by atoms with Crippen LogP contribution in [0.4, 0.5) is 0 Å². The highest BCUT2D eigenvalue weighted by Crippen LogP contribution is 2.65. The standard InChI is InChI=1S/C39H58O10/c1-20(2)22(5)10-12-27(36(46)49-37-35(45)34(44)33(43)31(19-40)48-37)32-30(47-24(7)41)18-39(9)28-14-11-23(6)25(13-15-29(42)21(3)4)26(28)16-17-38(32,39)8/h11,14,20-21,27,30-35,37,40,43-45H,5,10,12-13,15-19H2,1-4,6-9H3. The minimum Gasteiger partial charge on any atom is -0.462 e. The number of rotatable bonds is 13. The average Bonchev–Trinajstić information content (AvgIpc) is 3.25. The number of hydrogen-bond acceptors (Lipinski definition) is 10. The second-order valence-corrected chi connectivity index (χ2v) is 15.7. The fraction of sp³-hybridized carbons (Fsp3) is 0.718. The number of benzene rings is 1. The summed E-state index contributed by atoms with van der Waals surface area (Å²) < 4.78 is 17.5. The summed E-state index contributed by atoms with van der Waals surface area (Å²) in [6.45, 7) is 19.3. The minimum absolute atomic E-state index is 0.0350. The van der Waals surface area contributed by atoms with Crippen LogP contribution < -0.4 is 0 Å². The van der Waals surface area contributed by atoms with Crippen LogP contribution in [0, 0.1) is 36.0 Å². The van der Waals surface area contributed by atoms with Crippen molar-refractivity contribution in [3.63, 3.8) is 0 Å². The second-order valence-electron chi connectivity index (χ2n) is 15.7. The number of carbonyl (C=O) groups is 3. The van der Waals surface area contributed by atoms with Crippen LogP contribution in [0.5, 0.6) is 0 Å². The summed E-state index contributed by atoms with van der Waals surface area (Å²) in [5.74, 6) is -2.08. The molecule has 10 nitrogen and oxygen atoms in total. The van der Waals surface area contributed by atoms with Gasteiger partial charge in [-0.1, -0.05) is 65.8 Å². The van der Waals surface area contributed by atoms with Crippen molar-refractivity contribution >= 4 is 17.7 Å². The molecule has 1 saturated carbocycles. The molecule has 0 aromatic heterocycles. The number of ether oxygens (including phenoxy) is 3. The Morgan fingerprint density at radius 2 is 1.67 bits per heavy atom. The number of allylic oxidation sites excluding steroid dienone is 1. The van der Waals surface area contributed by atoms with Gasteiger partial charge in [-0.05, 0) is 79.0 Å². The van der Waals surface area contributed by atoms with Crippen molar-refractivity contribution < 1.29 is 49.0 Å². The summed E-state index contributed by atoms with van der Waals surface area (Å²) in [6, 6.07) is 4.27. The van der Waals surface area contributed by atoms with Crippen molar-refractivity contribution in [3.05, 3.63) is 46.5 Å². The third-order valence-electron chi connectivity index (χ3n) is 12.2. The maximum atomic E-state index is 14.4. The predicted molar refractivity (Wildman–Crippen MR) is 183 cm³/mol. The van der Waals surface area contributed by atoms with Gasteiger partial charge in [0.05, 0.1) is 12.5 Å². The summed E-state index contributed by atoms with van der Waals surface area (Å²) in [7, 11) is 0. The van der Waals surface area contributed by atoms with E-state index in [-0.39, 0.29) is 17.6 Å². The Morgan fingerprint density at radius 1 is 1.00 bits per heavy atom. The molecule has 4 rings (SSSR count). The van der Waals surface area contributed by atoms with Gasteiger partial charge in [-0.3, -0.25) is 14.4 Å². The molecule has 0 radical (unpaired) electrons. The lowest BCUT2D eigenvalue weighted by atomic mass is 9.52. The molecule has 0 amide bonds. The molecule has 2 aliphatic carbocycles. The molecular weight excluding hydrogens is 628 g/mol. The van der Waals surface area contributed by atoms with Crippen LogP contribution in [-0.2, 0) is 46.9 Å². The third kappa shape index (κ3) is 7.54. The number of esters is 2. The number of fused-ring (bicyclic) bond motifs is 3. The molecule has 10 unspecified atom stereocenters. The van der Waals surface area contributed by atoms with Crippen LogP contribution in [-0.4, -0.2) is 81.6 Å². The lowest BCUT2D eigenvalue weighted by Crippen LogP contribution is -2.60. The smallest absolute Gasteiger partial charge is 0.311 e. The van der Waals surface area contributed by atoms with Crippen molar-refractivity contribution in [2.45, 2.75) is 143 Å². The van der Waals surface area contributed by atoms with E-state index >= 15 is 0 Å². The Labute approximate surface area is 291 Å². The summed E-state index contributed by atoms with van der Waals surface area (Å²) >= 11 is 0. The van der Waals surface area contributed by atoms with E-state index in [1.807, 2.05) is 27.7 Å². The van der Waals surface area contributed by atoms with Crippen LogP contribution in [0.25, 0.3) is 0 Å². The van der Waals surface area contributed by atoms with Crippen molar-refractivity contribution in [2.75, 3.05) is 6.61 Å². The highest BCUT2D eigenvalue weighted by Gasteiger charge is 2.65. The summed E-state index contributed by atoms with van der Waals surface area (Å²) in [6.07, 6.45) is -4.67. The first-order valence-corrected chi connectivity index (χ1v) is 17.9. The maximum absolute atomic E-state index is 14.4. The molecule has 1 saturated heterocycles. The van der Waals surface area contributed by atoms with Gasteiger partial charge in [0, 0.05) is 30.6 Å². The Morgan fingerprint density at radius 3 is 2.27 bits per heavy atom. The molecule has 49 heavy (non-hydrogen) atoms. The van der Waals surface area contributed by atoms with Gasteiger partial charge in [-0.15, -0.1) is 0 Å². The van der Waals surface area contributed by atoms with Gasteiger partial charge in [0.25, 0.3) is 0 Å². The Kier molecular flexibility index (Phi) is 12.2. The quantitative estimate of drug-likeness (QED) is 0.174. The molecule has 0 bridgehead atoms. The monoisotopic (exact) mass is 686 g/mol. The van der Waals surface area contributed by atoms with E-state index in [2.05, 4.69) is 39.5 Å². The Bertz CT molecular complexity index is 1400. The third-order valence-corrected chi connectivity index (χ3v) is 12.2. The first-order chi connectivity index (χ1) is 22.9. The van der Waals surface area contributed by atoms with Crippen molar-refractivity contribution in [1.82, 2.24) is 0 Å². The SMILES string of the molecule is C=C(CCC(C(=O)OC1OC(CO)C(O)C(O)C1O)C1C(OC(C)=O)CC2(C)c3ccc(C)c(CCC(=O)C(C)C)c3CCC12C)C(C)C. The van der Waals surface area contributed by atoms with Gasteiger partial charge in [-0.2, -0.15) is 0 Å². The zero-order valence-electron chi connectivity index (χ0n) is 30.5. The molecule has 0 spiro atoms. The molecule has 10 atom stereocenters. The fourth-order valence-electron chi connectivity index (χ4n) is 8.75. The van der Waals surface area contributed by atoms with Gasteiger partial charge in [0.15, 0.2) is 0 Å². The largest absolute Gasteiger partial charge is 0.462 e. The van der Waals surface area contributed by atoms with Gasteiger partial charge in [-0.25, -0.2) is 0 Å². The zero-order chi connectivity index (χ0) is 36.6. The minimum atomic E-state index is -1.74. The molecule has 3 aliphatic rings. The number of hydrogen-bond donors (Lipinski definition) is 4. The van der Waals surface area contributed by atoms with Crippen molar-refractivity contribution in [2.24, 2.45) is 29.1 Å². The van der Waals surface area contributed by atoms with Gasteiger partial charge in [0.1, 0.15) is 36.3 Å². The second kappa shape index (κ2) is 15.3. The number of aliphatic hydroxyl groups is 4. The molecule has 2 fully saturated rings. The topological polar surface area (TPSA) is 160 Å². The van der Waals surface area contributed by atoms with Crippen LogP contribution >= 0.6 is 0 Å². The van der Waals surface area contributed by atoms with E-state index < -0.39 is 78.0 Å². The maximum Gasteiger partial charge on any atom is 0.311 e. The van der Waals surface area contributed by atoms with E-state index in [0.717, 1.165) is 23.1 Å². The first kappa shape index (κ1) is 39.2. The zero-order valence-corrected chi connectivity index (χ0v) is 30.5. The van der Waals surface area contributed by atoms with E-state index in [9.17, 15) is 34.8 Å². The predicted octanol–water partition coefficient (Wildman–Crippen LogP) is 4.27.